The summed E-state index contributed by atoms with van der Waals surface area (Å²) in [6.45, 7) is 6.87. The monoisotopic (exact) mass is 171 g/mol. The van der Waals surface area contributed by atoms with Crippen LogP contribution in [0.1, 0.15) is 13.8 Å². The number of nitrogens with one attached hydrogen (secondary N) is 1. The van der Waals surface area contributed by atoms with Crippen molar-refractivity contribution in [3.05, 3.63) is 36.2 Å². The molecular formula is C10H18FN. The molecule has 0 aromatic heterocycles. The number of rotatable bonds is 2. The molecule has 0 spiro atoms. The van der Waals surface area contributed by atoms with Gasteiger partial charge in [0, 0.05) is 0 Å². The average Bonchev–Trinajstić information content (AvgIpc) is 2.01. The van der Waals surface area contributed by atoms with Gasteiger partial charge in [0.2, 0.25) is 0 Å². The van der Waals surface area contributed by atoms with Crippen molar-refractivity contribution >= 4 is 0 Å². The minimum absolute atomic E-state index is 0.185. The van der Waals surface area contributed by atoms with Crippen LogP contribution in [0.3, 0.4) is 0 Å². The molecule has 0 heterocycles. The topological polar surface area (TPSA) is 12.0 Å². The normalized spacial score (nSPS) is 8.75. The first-order chi connectivity index (χ1) is 5.59. The van der Waals surface area contributed by atoms with Crippen LogP contribution in [-0.4, -0.2) is 14.1 Å². The van der Waals surface area contributed by atoms with Crippen LogP contribution in [0, 0.1) is 0 Å². The summed E-state index contributed by atoms with van der Waals surface area (Å²) in [6, 6.07) is 0. The Hall–Kier alpha value is -0.890. The molecule has 2 heteroatoms. The van der Waals surface area contributed by atoms with Gasteiger partial charge in [0.25, 0.3) is 0 Å². The molecule has 1 nitrogen and oxygen atoms in total. The van der Waals surface area contributed by atoms with Gasteiger partial charge in [-0.05, 0) is 39.6 Å². The molecule has 12 heavy (non-hydrogen) atoms. The van der Waals surface area contributed by atoms with Gasteiger partial charge in [-0.25, -0.2) is 4.39 Å². The second kappa shape index (κ2) is 10.1. The van der Waals surface area contributed by atoms with Crippen LogP contribution in [0.25, 0.3) is 0 Å². The number of hydrogen-bond donors (Lipinski definition) is 1. The SMILES string of the molecule is C=C/C=C\C(F)=C(C)C.CNC. The van der Waals surface area contributed by atoms with E-state index in [0.29, 0.717) is 5.57 Å². The fourth-order valence-corrected chi connectivity index (χ4v) is 0.319. The van der Waals surface area contributed by atoms with Crippen LogP contribution in [0.4, 0.5) is 4.39 Å². The number of allylic oxidation sites excluding steroid dienone is 5. The third-order valence-corrected chi connectivity index (χ3v) is 0.856. The largest absolute Gasteiger partial charge is 0.323 e. The fraction of sp³-hybridized carbons (Fsp3) is 0.400. The zero-order valence-corrected chi connectivity index (χ0v) is 8.32. The zero-order chi connectivity index (χ0) is 9.98. The van der Waals surface area contributed by atoms with Gasteiger partial charge in [0.05, 0.1) is 0 Å². The molecular weight excluding hydrogens is 153 g/mol. The quantitative estimate of drug-likeness (QED) is 0.630. The molecule has 0 fully saturated rings. The van der Waals surface area contributed by atoms with Crippen LogP contribution in [0.2, 0.25) is 0 Å². The predicted octanol–water partition coefficient (Wildman–Crippen LogP) is 2.83. The second-order valence-electron chi connectivity index (χ2n) is 2.44. The Bertz CT molecular complexity index is 165. The third-order valence-electron chi connectivity index (χ3n) is 0.856. The molecule has 0 rings (SSSR count). The standard InChI is InChI=1S/C8H11F.C2H7N/c1-4-5-6-8(9)7(2)3;1-3-2/h4-6H,1H2,2-3H3;3H,1-2H3/b6-5-;. The van der Waals surface area contributed by atoms with Gasteiger partial charge in [-0.2, -0.15) is 0 Å². The van der Waals surface area contributed by atoms with Crippen LogP contribution < -0.4 is 5.32 Å². The second-order valence-corrected chi connectivity index (χ2v) is 2.44. The Morgan fingerprint density at radius 3 is 2.00 bits per heavy atom. The molecule has 0 aliphatic heterocycles. The van der Waals surface area contributed by atoms with Crippen molar-refractivity contribution in [2.75, 3.05) is 14.1 Å². The van der Waals surface area contributed by atoms with Crippen molar-refractivity contribution in [1.82, 2.24) is 5.32 Å². The van der Waals surface area contributed by atoms with E-state index in [2.05, 4.69) is 11.9 Å². The van der Waals surface area contributed by atoms with Crippen molar-refractivity contribution in [3.63, 3.8) is 0 Å². The van der Waals surface area contributed by atoms with E-state index >= 15 is 0 Å². The molecule has 0 aromatic carbocycles. The van der Waals surface area contributed by atoms with E-state index in [-0.39, 0.29) is 5.83 Å². The minimum atomic E-state index is -0.185. The van der Waals surface area contributed by atoms with Crippen LogP contribution in [0.5, 0.6) is 0 Å². The average molecular weight is 171 g/mol. The van der Waals surface area contributed by atoms with Crippen molar-refractivity contribution in [2.45, 2.75) is 13.8 Å². The first-order valence-electron chi connectivity index (χ1n) is 3.80. The maximum absolute atomic E-state index is 12.5. The highest BCUT2D eigenvalue weighted by Gasteiger charge is 1.86. The molecule has 1 N–H and O–H groups in total. The summed E-state index contributed by atoms with van der Waals surface area (Å²) in [5, 5.41) is 2.75. The molecule has 0 aliphatic rings. The summed E-state index contributed by atoms with van der Waals surface area (Å²) in [6.07, 6.45) is 4.51. The zero-order valence-electron chi connectivity index (χ0n) is 8.32. The molecule has 0 bridgehead atoms. The Labute approximate surface area is 74.7 Å². The summed E-state index contributed by atoms with van der Waals surface area (Å²) < 4.78 is 12.5. The van der Waals surface area contributed by atoms with Gasteiger partial charge in [0.15, 0.2) is 0 Å². The maximum Gasteiger partial charge on any atom is 0.121 e. The molecule has 0 saturated heterocycles. The molecule has 0 atom stereocenters. The first-order valence-corrected chi connectivity index (χ1v) is 3.80. The first kappa shape index (κ1) is 13.7. The van der Waals surface area contributed by atoms with Crippen molar-refractivity contribution in [3.8, 4) is 0 Å². The van der Waals surface area contributed by atoms with E-state index in [0.717, 1.165) is 0 Å². The highest BCUT2D eigenvalue weighted by molar-refractivity contribution is 5.19. The summed E-state index contributed by atoms with van der Waals surface area (Å²) in [5.41, 5.74) is 0.688. The lowest BCUT2D eigenvalue weighted by molar-refractivity contribution is 0.654. The lowest BCUT2D eigenvalue weighted by Gasteiger charge is -1.87. The van der Waals surface area contributed by atoms with Gasteiger partial charge in [-0.3, -0.25) is 0 Å². The van der Waals surface area contributed by atoms with Crippen LogP contribution >= 0.6 is 0 Å². The molecule has 0 amide bonds. The van der Waals surface area contributed by atoms with Crippen molar-refractivity contribution < 1.29 is 4.39 Å². The Morgan fingerprint density at radius 1 is 1.33 bits per heavy atom. The predicted molar refractivity (Wildman–Crippen MR) is 53.8 cm³/mol. The lowest BCUT2D eigenvalue weighted by atomic mass is 10.3. The van der Waals surface area contributed by atoms with Gasteiger partial charge >= 0.3 is 0 Å². The molecule has 0 radical (unpaired) electrons. The Kier molecular flexibility index (Phi) is 11.5. The summed E-state index contributed by atoms with van der Waals surface area (Å²) in [5.74, 6) is -0.185. The number of hydrogen-bond acceptors (Lipinski definition) is 1. The van der Waals surface area contributed by atoms with E-state index in [1.807, 2.05) is 14.1 Å². The highest BCUT2D eigenvalue weighted by Crippen LogP contribution is 2.05. The third kappa shape index (κ3) is 11.9. The Morgan fingerprint density at radius 2 is 1.75 bits per heavy atom. The van der Waals surface area contributed by atoms with E-state index < -0.39 is 0 Å². The van der Waals surface area contributed by atoms with Gasteiger partial charge in [-0.1, -0.05) is 18.7 Å². The minimum Gasteiger partial charge on any atom is -0.323 e. The van der Waals surface area contributed by atoms with Gasteiger partial charge < -0.3 is 5.32 Å². The van der Waals surface area contributed by atoms with E-state index in [1.54, 1.807) is 26.0 Å². The molecule has 0 aliphatic carbocycles. The van der Waals surface area contributed by atoms with E-state index in [9.17, 15) is 4.39 Å². The molecule has 0 aromatic rings. The molecule has 70 valence electrons. The Balaban J connectivity index is 0. The maximum atomic E-state index is 12.5. The highest BCUT2D eigenvalue weighted by atomic mass is 19.1. The fourth-order valence-electron chi connectivity index (χ4n) is 0.319. The number of halogens is 1. The molecule has 0 unspecified atom stereocenters. The van der Waals surface area contributed by atoms with E-state index in [1.165, 1.54) is 6.08 Å². The smallest absolute Gasteiger partial charge is 0.121 e. The lowest BCUT2D eigenvalue weighted by Crippen LogP contribution is -1.89. The van der Waals surface area contributed by atoms with Crippen molar-refractivity contribution in [1.29, 1.82) is 0 Å². The van der Waals surface area contributed by atoms with Crippen LogP contribution in [0.15, 0.2) is 36.2 Å². The molecule has 0 saturated carbocycles. The van der Waals surface area contributed by atoms with Gasteiger partial charge in [0.1, 0.15) is 5.83 Å². The summed E-state index contributed by atoms with van der Waals surface area (Å²) in [4.78, 5) is 0. The van der Waals surface area contributed by atoms with E-state index in [4.69, 9.17) is 0 Å². The van der Waals surface area contributed by atoms with Gasteiger partial charge in [-0.15, -0.1) is 0 Å². The summed E-state index contributed by atoms with van der Waals surface area (Å²) >= 11 is 0. The van der Waals surface area contributed by atoms with Crippen LogP contribution in [-0.2, 0) is 0 Å². The van der Waals surface area contributed by atoms with Crippen molar-refractivity contribution in [2.24, 2.45) is 0 Å². The summed E-state index contributed by atoms with van der Waals surface area (Å²) in [7, 11) is 3.75.